The number of carbonyl (C=O) groups is 1. The predicted octanol–water partition coefficient (Wildman–Crippen LogP) is 2.31. The lowest BCUT2D eigenvalue weighted by Crippen LogP contribution is -2.43. The maximum atomic E-state index is 13.8. The lowest BCUT2D eigenvalue weighted by atomic mass is 10.1. The van der Waals surface area contributed by atoms with Crippen molar-refractivity contribution in [3.63, 3.8) is 0 Å². The standard InChI is InChI=1S/C15H15ClFN3O3/c1-9-18-15(19-23-9)13-8-20(5-6-22-13)14(21)7-10-11(16)3-2-4-12(10)17/h2-4,13H,5-8H2,1H3. The first kappa shape index (κ1) is 15.9. The van der Waals surface area contributed by atoms with Gasteiger partial charge in [0, 0.05) is 24.1 Å². The average molecular weight is 340 g/mol. The van der Waals surface area contributed by atoms with E-state index in [-0.39, 0.29) is 22.9 Å². The molecule has 1 amide bonds. The third kappa shape index (κ3) is 3.51. The van der Waals surface area contributed by atoms with Gasteiger partial charge in [-0.3, -0.25) is 4.79 Å². The second-order valence-corrected chi connectivity index (χ2v) is 5.65. The molecule has 0 bridgehead atoms. The summed E-state index contributed by atoms with van der Waals surface area (Å²) in [7, 11) is 0. The SMILES string of the molecule is Cc1nc(C2CN(C(=O)Cc3c(F)cccc3Cl)CCO2)no1. The minimum atomic E-state index is -0.482. The van der Waals surface area contributed by atoms with Gasteiger partial charge in [0.1, 0.15) is 11.9 Å². The lowest BCUT2D eigenvalue weighted by Gasteiger charge is -2.31. The van der Waals surface area contributed by atoms with Gasteiger partial charge < -0.3 is 14.2 Å². The zero-order valence-electron chi connectivity index (χ0n) is 12.5. The van der Waals surface area contributed by atoms with E-state index in [1.54, 1.807) is 17.9 Å². The number of ether oxygens (including phenoxy) is 1. The number of hydrogen-bond donors (Lipinski definition) is 0. The minimum absolute atomic E-state index is 0.0938. The van der Waals surface area contributed by atoms with Crippen LogP contribution in [-0.2, 0) is 16.0 Å². The highest BCUT2D eigenvalue weighted by Gasteiger charge is 2.29. The van der Waals surface area contributed by atoms with Crippen LogP contribution < -0.4 is 0 Å². The van der Waals surface area contributed by atoms with Crippen molar-refractivity contribution in [1.82, 2.24) is 15.0 Å². The van der Waals surface area contributed by atoms with Crippen molar-refractivity contribution in [3.05, 3.63) is 46.3 Å². The summed E-state index contributed by atoms with van der Waals surface area (Å²) in [4.78, 5) is 18.2. The van der Waals surface area contributed by atoms with Crippen LogP contribution in [0.5, 0.6) is 0 Å². The molecule has 3 rings (SSSR count). The smallest absolute Gasteiger partial charge is 0.227 e. The van der Waals surface area contributed by atoms with Crippen molar-refractivity contribution >= 4 is 17.5 Å². The Hall–Kier alpha value is -1.99. The van der Waals surface area contributed by atoms with E-state index < -0.39 is 11.9 Å². The maximum Gasteiger partial charge on any atom is 0.227 e. The number of aryl methyl sites for hydroxylation is 1. The molecule has 1 aliphatic heterocycles. The molecule has 6 nitrogen and oxygen atoms in total. The monoisotopic (exact) mass is 339 g/mol. The quantitative estimate of drug-likeness (QED) is 0.858. The van der Waals surface area contributed by atoms with E-state index in [0.717, 1.165) is 0 Å². The molecule has 1 saturated heterocycles. The zero-order valence-corrected chi connectivity index (χ0v) is 13.2. The Morgan fingerprint density at radius 2 is 2.35 bits per heavy atom. The fourth-order valence-corrected chi connectivity index (χ4v) is 2.67. The zero-order chi connectivity index (χ0) is 16.4. The number of halogens is 2. The van der Waals surface area contributed by atoms with Crippen LogP contribution in [0.3, 0.4) is 0 Å². The van der Waals surface area contributed by atoms with E-state index in [1.165, 1.54) is 12.1 Å². The van der Waals surface area contributed by atoms with Gasteiger partial charge in [-0.25, -0.2) is 4.39 Å². The van der Waals surface area contributed by atoms with Crippen LogP contribution >= 0.6 is 11.6 Å². The van der Waals surface area contributed by atoms with Crippen molar-refractivity contribution in [2.24, 2.45) is 0 Å². The molecule has 23 heavy (non-hydrogen) atoms. The Morgan fingerprint density at radius 3 is 3.04 bits per heavy atom. The molecule has 2 aromatic rings. The molecule has 1 aromatic heterocycles. The van der Waals surface area contributed by atoms with Gasteiger partial charge in [-0.2, -0.15) is 4.98 Å². The normalized spacial score (nSPS) is 18.2. The molecule has 122 valence electrons. The van der Waals surface area contributed by atoms with Crippen LogP contribution in [0.1, 0.15) is 23.4 Å². The summed E-state index contributed by atoms with van der Waals surface area (Å²) in [6, 6.07) is 4.37. The van der Waals surface area contributed by atoms with Crippen molar-refractivity contribution in [3.8, 4) is 0 Å². The maximum absolute atomic E-state index is 13.8. The van der Waals surface area contributed by atoms with Crippen LogP contribution in [-0.4, -0.2) is 40.6 Å². The number of carbonyl (C=O) groups excluding carboxylic acids is 1. The van der Waals surface area contributed by atoms with Gasteiger partial charge >= 0.3 is 0 Å². The van der Waals surface area contributed by atoms with E-state index in [4.69, 9.17) is 20.9 Å². The molecule has 0 spiro atoms. The summed E-state index contributed by atoms with van der Waals surface area (Å²) in [5, 5.41) is 4.06. The highest BCUT2D eigenvalue weighted by atomic mass is 35.5. The number of aromatic nitrogens is 2. The van der Waals surface area contributed by atoms with E-state index in [0.29, 0.717) is 31.4 Å². The molecule has 2 heterocycles. The van der Waals surface area contributed by atoms with Gasteiger partial charge in [0.25, 0.3) is 0 Å². The number of nitrogens with zero attached hydrogens (tertiary/aromatic N) is 3. The first-order valence-corrected chi connectivity index (χ1v) is 7.55. The van der Waals surface area contributed by atoms with Gasteiger partial charge in [-0.1, -0.05) is 22.8 Å². The Bertz CT molecular complexity index is 701. The van der Waals surface area contributed by atoms with Crippen LogP contribution in [0.4, 0.5) is 4.39 Å². The van der Waals surface area contributed by atoms with Crippen molar-refractivity contribution in [2.75, 3.05) is 19.7 Å². The third-order valence-corrected chi connectivity index (χ3v) is 3.99. The fourth-order valence-electron chi connectivity index (χ4n) is 2.44. The van der Waals surface area contributed by atoms with Crippen LogP contribution in [0.15, 0.2) is 22.7 Å². The van der Waals surface area contributed by atoms with Gasteiger partial charge in [0.2, 0.25) is 17.6 Å². The Kier molecular flexibility index (Phi) is 4.58. The molecule has 1 unspecified atom stereocenters. The number of rotatable bonds is 3. The van der Waals surface area contributed by atoms with E-state index in [1.807, 2.05) is 0 Å². The second kappa shape index (κ2) is 6.64. The van der Waals surface area contributed by atoms with Crippen molar-refractivity contribution in [1.29, 1.82) is 0 Å². The van der Waals surface area contributed by atoms with Crippen LogP contribution in [0.2, 0.25) is 5.02 Å². The molecule has 0 aliphatic carbocycles. The molecule has 1 aliphatic rings. The predicted molar refractivity (Wildman–Crippen MR) is 79.4 cm³/mol. The molecule has 0 N–H and O–H groups in total. The number of amides is 1. The van der Waals surface area contributed by atoms with Crippen LogP contribution in [0, 0.1) is 12.7 Å². The Labute approximate surface area is 137 Å². The largest absolute Gasteiger partial charge is 0.366 e. The Morgan fingerprint density at radius 1 is 1.52 bits per heavy atom. The summed E-state index contributed by atoms with van der Waals surface area (Å²) in [6.45, 7) is 2.76. The molecular formula is C15H15ClFN3O3. The van der Waals surface area contributed by atoms with Crippen molar-refractivity contribution < 1.29 is 18.4 Å². The lowest BCUT2D eigenvalue weighted by molar-refractivity contribution is -0.138. The molecule has 1 fully saturated rings. The van der Waals surface area contributed by atoms with Gasteiger partial charge in [-0.05, 0) is 12.1 Å². The van der Waals surface area contributed by atoms with E-state index in [2.05, 4.69) is 10.1 Å². The molecule has 0 radical (unpaired) electrons. The molecule has 8 heteroatoms. The van der Waals surface area contributed by atoms with Gasteiger partial charge in [0.05, 0.1) is 19.6 Å². The second-order valence-electron chi connectivity index (χ2n) is 5.25. The number of benzene rings is 1. The summed E-state index contributed by atoms with van der Waals surface area (Å²) in [5.74, 6) is 0.143. The average Bonchev–Trinajstić information content (AvgIpc) is 2.97. The fraction of sp³-hybridized carbons (Fsp3) is 0.400. The number of hydrogen-bond acceptors (Lipinski definition) is 5. The topological polar surface area (TPSA) is 68.5 Å². The summed E-state index contributed by atoms with van der Waals surface area (Å²) in [5.41, 5.74) is 0.206. The highest BCUT2D eigenvalue weighted by Crippen LogP contribution is 2.23. The minimum Gasteiger partial charge on any atom is -0.366 e. The number of morpholine rings is 1. The first-order valence-electron chi connectivity index (χ1n) is 7.17. The third-order valence-electron chi connectivity index (χ3n) is 3.64. The molecular weight excluding hydrogens is 325 g/mol. The highest BCUT2D eigenvalue weighted by molar-refractivity contribution is 6.31. The first-order chi connectivity index (χ1) is 11.0. The molecule has 1 aromatic carbocycles. The van der Waals surface area contributed by atoms with Gasteiger partial charge in [-0.15, -0.1) is 0 Å². The molecule has 1 atom stereocenters. The summed E-state index contributed by atoms with van der Waals surface area (Å²) in [6.07, 6.45) is -0.537. The van der Waals surface area contributed by atoms with E-state index >= 15 is 0 Å². The summed E-state index contributed by atoms with van der Waals surface area (Å²) < 4.78 is 24.3. The van der Waals surface area contributed by atoms with Crippen molar-refractivity contribution in [2.45, 2.75) is 19.4 Å². The Balaban J connectivity index is 1.70. The summed E-state index contributed by atoms with van der Waals surface area (Å²) >= 11 is 5.97. The van der Waals surface area contributed by atoms with Crippen LogP contribution in [0.25, 0.3) is 0 Å². The van der Waals surface area contributed by atoms with E-state index in [9.17, 15) is 9.18 Å². The van der Waals surface area contributed by atoms with Gasteiger partial charge in [0.15, 0.2) is 0 Å². The molecule has 0 saturated carbocycles.